The first kappa shape index (κ1) is 20.1. The number of aromatic amines is 1. The van der Waals surface area contributed by atoms with Crippen LogP contribution in [0.2, 0.25) is 0 Å². The number of ketones is 1. The van der Waals surface area contributed by atoms with Crippen LogP contribution in [-0.2, 0) is 23.1 Å². The number of carbonyl (C=O) groups is 2. The van der Waals surface area contributed by atoms with Crippen molar-refractivity contribution in [2.24, 2.45) is 7.05 Å². The molecule has 0 aliphatic carbocycles. The van der Waals surface area contributed by atoms with Gasteiger partial charge in [-0.15, -0.1) is 0 Å². The number of carbonyl (C=O) groups excluding carboxylic acids is 2. The maximum atomic E-state index is 13.1. The molecule has 4 aromatic rings. The highest BCUT2D eigenvalue weighted by atomic mass is 16.5. The third kappa shape index (κ3) is 3.95. The maximum absolute atomic E-state index is 13.1. The summed E-state index contributed by atoms with van der Waals surface area (Å²) in [4.78, 5) is 50.2. The number of nitrogens with zero attached hydrogens (tertiary/aromatic N) is 2. The third-order valence-corrected chi connectivity index (χ3v) is 4.99. The summed E-state index contributed by atoms with van der Waals surface area (Å²) in [6.45, 7) is -0.880. The zero-order valence-corrected chi connectivity index (χ0v) is 16.7. The van der Waals surface area contributed by atoms with Crippen LogP contribution in [0.4, 0.5) is 0 Å². The number of hydrogen-bond acceptors (Lipinski definition) is 5. The lowest BCUT2D eigenvalue weighted by Crippen LogP contribution is -2.31. The number of fused-ring (bicyclic) bond motifs is 1. The number of aromatic nitrogens is 3. The van der Waals surface area contributed by atoms with Gasteiger partial charge in [-0.25, -0.2) is 4.79 Å². The van der Waals surface area contributed by atoms with Crippen molar-refractivity contribution in [3.63, 3.8) is 0 Å². The van der Waals surface area contributed by atoms with Crippen molar-refractivity contribution in [3.05, 3.63) is 93.3 Å². The SMILES string of the molecule is Cn1c(-c2ccccc2)c(C(=O)COC(=O)Cn2ccc(=O)[nH]c2=O)c2ccccc21. The molecule has 0 fully saturated rings. The Labute approximate surface area is 176 Å². The molecular weight excluding hydrogens is 398 g/mol. The van der Waals surface area contributed by atoms with Gasteiger partial charge in [0.15, 0.2) is 6.61 Å². The van der Waals surface area contributed by atoms with Crippen molar-refractivity contribution in [1.82, 2.24) is 14.1 Å². The smallest absolute Gasteiger partial charge is 0.328 e. The minimum Gasteiger partial charge on any atom is -0.456 e. The Hall–Kier alpha value is -4.20. The molecule has 0 saturated carbocycles. The van der Waals surface area contributed by atoms with E-state index >= 15 is 0 Å². The Morgan fingerprint density at radius 2 is 1.68 bits per heavy atom. The second kappa shape index (κ2) is 8.27. The van der Waals surface area contributed by atoms with Gasteiger partial charge in [0, 0.05) is 30.2 Å². The quantitative estimate of drug-likeness (QED) is 0.382. The van der Waals surface area contributed by atoms with Gasteiger partial charge >= 0.3 is 11.7 Å². The van der Waals surface area contributed by atoms with Crippen LogP contribution in [-0.4, -0.2) is 32.5 Å². The summed E-state index contributed by atoms with van der Waals surface area (Å²) < 4.78 is 8.09. The van der Waals surface area contributed by atoms with Crippen LogP contribution in [0, 0.1) is 0 Å². The van der Waals surface area contributed by atoms with Crippen molar-refractivity contribution in [1.29, 1.82) is 0 Å². The first-order chi connectivity index (χ1) is 15.0. The first-order valence-electron chi connectivity index (χ1n) is 9.57. The summed E-state index contributed by atoms with van der Waals surface area (Å²) in [6.07, 6.45) is 1.20. The highest BCUT2D eigenvalue weighted by Crippen LogP contribution is 2.33. The lowest BCUT2D eigenvalue weighted by Gasteiger charge is -2.09. The number of benzene rings is 2. The molecule has 0 amide bonds. The normalized spacial score (nSPS) is 10.9. The summed E-state index contributed by atoms with van der Waals surface area (Å²) in [6, 6.07) is 18.2. The van der Waals surface area contributed by atoms with Crippen LogP contribution in [0.25, 0.3) is 22.2 Å². The van der Waals surface area contributed by atoms with Crippen molar-refractivity contribution in [2.75, 3.05) is 6.61 Å². The number of rotatable bonds is 6. The fourth-order valence-corrected chi connectivity index (χ4v) is 3.58. The van der Waals surface area contributed by atoms with Crippen LogP contribution in [0.15, 0.2) is 76.4 Å². The van der Waals surface area contributed by atoms with Crippen LogP contribution in [0.1, 0.15) is 10.4 Å². The van der Waals surface area contributed by atoms with E-state index in [1.807, 2.05) is 66.2 Å². The number of nitrogens with one attached hydrogen (secondary N) is 1. The summed E-state index contributed by atoms with van der Waals surface area (Å²) in [5.74, 6) is -1.11. The monoisotopic (exact) mass is 417 g/mol. The fourth-order valence-electron chi connectivity index (χ4n) is 3.58. The number of ether oxygens (including phenoxy) is 1. The van der Waals surface area contributed by atoms with Gasteiger partial charge in [-0.2, -0.15) is 0 Å². The number of para-hydroxylation sites is 1. The molecule has 0 aliphatic heterocycles. The molecule has 2 aromatic heterocycles. The molecule has 0 saturated heterocycles. The van der Waals surface area contributed by atoms with Gasteiger partial charge in [0.2, 0.25) is 5.78 Å². The van der Waals surface area contributed by atoms with Gasteiger partial charge in [0.05, 0.1) is 11.3 Å². The molecule has 0 atom stereocenters. The number of H-pyrrole nitrogens is 1. The molecule has 1 N–H and O–H groups in total. The standard InChI is InChI=1S/C23H19N3O5/c1-25-17-10-6-5-9-16(17)21(22(25)15-7-3-2-4-8-15)18(27)14-31-20(29)13-26-12-11-19(28)24-23(26)30/h2-12H,13-14H2,1H3,(H,24,28,30). The van der Waals surface area contributed by atoms with Gasteiger partial charge in [-0.05, 0) is 11.6 Å². The van der Waals surface area contributed by atoms with Gasteiger partial charge in [0.1, 0.15) is 6.54 Å². The molecule has 0 aliphatic rings. The number of aryl methyl sites for hydroxylation is 1. The second-order valence-electron chi connectivity index (χ2n) is 6.99. The van der Waals surface area contributed by atoms with Gasteiger partial charge in [0.25, 0.3) is 5.56 Å². The number of esters is 1. The van der Waals surface area contributed by atoms with Gasteiger partial charge in [-0.3, -0.25) is 23.9 Å². The summed E-state index contributed by atoms with van der Waals surface area (Å²) in [5.41, 5.74) is 1.68. The third-order valence-electron chi connectivity index (χ3n) is 4.99. The Morgan fingerprint density at radius 3 is 2.42 bits per heavy atom. The van der Waals surface area contributed by atoms with E-state index in [0.29, 0.717) is 5.56 Å². The molecule has 0 bridgehead atoms. The number of Topliss-reactive ketones (excluding diaryl/α,β-unsaturated/α-hetero) is 1. The van der Waals surface area contributed by atoms with E-state index in [1.165, 1.54) is 6.20 Å². The van der Waals surface area contributed by atoms with E-state index < -0.39 is 30.4 Å². The molecular formula is C23H19N3O5. The minimum atomic E-state index is -0.760. The predicted molar refractivity (Wildman–Crippen MR) is 115 cm³/mol. The Morgan fingerprint density at radius 1 is 0.968 bits per heavy atom. The lowest BCUT2D eigenvalue weighted by atomic mass is 10.0. The van der Waals surface area contributed by atoms with Crippen molar-refractivity contribution in [3.8, 4) is 11.3 Å². The Bertz CT molecular complexity index is 1400. The van der Waals surface area contributed by atoms with Crippen molar-refractivity contribution >= 4 is 22.7 Å². The van der Waals surface area contributed by atoms with Crippen LogP contribution in [0.5, 0.6) is 0 Å². The summed E-state index contributed by atoms with van der Waals surface area (Å²) in [7, 11) is 1.88. The molecule has 2 heterocycles. The van der Waals surface area contributed by atoms with Gasteiger partial charge < -0.3 is 9.30 Å². The van der Waals surface area contributed by atoms with Gasteiger partial charge in [-0.1, -0.05) is 48.5 Å². The van der Waals surface area contributed by atoms with E-state index in [-0.39, 0.29) is 5.78 Å². The average molecular weight is 417 g/mol. The van der Waals surface area contributed by atoms with Crippen molar-refractivity contribution in [2.45, 2.75) is 6.54 Å². The zero-order valence-electron chi connectivity index (χ0n) is 16.7. The van der Waals surface area contributed by atoms with Crippen LogP contribution < -0.4 is 11.2 Å². The molecule has 31 heavy (non-hydrogen) atoms. The first-order valence-corrected chi connectivity index (χ1v) is 9.57. The van der Waals surface area contributed by atoms with E-state index in [0.717, 1.165) is 32.8 Å². The summed E-state index contributed by atoms with van der Waals surface area (Å²) >= 11 is 0. The largest absolute Gasteiger partial charge is 0.456 e. The highest BCUT2D eigenvalue weighted by molar-refractivity contribution is 6.14. The van der Waals surface area contributed by atoms with Crippen LogP contribution in [0.3, 0.4) is 0 Å². The Balaban J connectivity index is 1.61. The molecule has 0 spiro atoms. The molecule has 8 heteroatoms. The lowest BCUT2D eigenvalue weighted by molar-refractivity contribution is -0.143. The topological polar surface area (TPSA) is 103 Å². The highest BCUT2D eigenvalue weighted by Gasteiger charge is 2.23. The van der Waals surface area contributed by atoms with E-state index in [4.69, 9.17) is 4.74 Å². The molecule has 8 nitrogen and oxygen atoms in total. The van der Waals surface area contributed by atoms with E-state index in [9.17, 15) is 19.2 Å². The molecule has 0 radical (unpaired) electrons. The zero-order chi connectivity index (χ0) is 22.0. The predicted octanol–water partition coefficient (Wildman–Crippen LogP) is 2.12. The minimum absolute atomic E-state index is 0.349. The Kier molecular flexibility index (Phi) is 5.36. The maximum Gasteiger partial charge on any atom is 0.328 e. The molecule has 4 rings (SSSR count). The second-order valence-corrected chi connectivity index (χ2v) is 6.99. The molecule has 2 aromatic carbocycles. The summed E-state index contributed by atoms with van der Waals surface area (Å²) in [5, 5.41) is 0.766. The van der Waals surface area contributed by atoms with E-state index in [2.05, 4.69) is 4.98 Å². The van der Waals surface area contributed by atoms with Crippen LogP contribution >= 0.6 is 0 Å². The van der Waals surface area contributed by atoms with Crippen molar-refractivity contribution < 1.29 is 14.3 Å². The number of hydrogen-bond donors (Lipinski definition) is 1. The van der Waals surface area contributed by atoms with E-state index in [1.54, 1.807) is 0 Å². The molecule has 156 valence electrons. The molecule has 0 unspecified atom stereocenters. The average Bonchev–Trinajstić information content (AvgIpc) is 3.07. The fraction of sp³-hybridized carbons (Fsp3) is 0.130.